The number of nitrogens with two attached hydrogens (primary N) is 1. The minimum Gasteiger partial charge on any atom is -0.341 e. The molecular weight excluding hydrogens is 336 g/mol. The second-order valence-electron chi connectivity index (χ2n) is 7.34. The molecule has 27 heavy (non-hydrogen) atoms. The van der Waals surface area contributed by atoms with Crippen LogP contribution in [0.3, 0.4) is 0 Å². The number of rotatable bonds is 6. The number of nitrogens with zero attached hydrogens (tertiary/aromatic N) is 3. The highest BCUT2D eigenvalue weighted by atomic mass is 16.2. The molecule has 1 fully saturated rings. The maximum absolute atomic E-state index is 13.0. The SMILES string of the molecule is NCCC1CCN(C(=O)Cn2c(Cc3ccccc3)nc3ccccc32)C1. The van der Waals surface area contributed by atoms with E-state index < -0.39 is 0 Å². The fourth-order valence-electron chi connectivity index (χ4n) is 3.98. The van der Waals surface area contributed by atoms with Crippen LogP contribution in [0.25, 0.3) is 11.0 Å². The first-order chi connectivity index (χ1) is 13.2. The van der Waals surface area contributed by atoms with Crippen LogP contribution in [0, 0.1) is 5.92 Å². The number of carbonyl (C=O) groups is 1. The number of hydrogen-bond donors (Lipinski definition) is 1. The molecule has 2 N–H and O–H groups in total. The molecule has 4 rings (SSSR count). The standard InChI is InChI=1S/C22H26N4O/c23-12-10-18-11-13-25(15-18)22(27)16-26-20-9-5-4-8-19(20)24-21(26)14-17-6-2-1-3-7-17/h1-9,18H,10-16,23H2. The molecule has 0 aliphatic carbocycles. The van der Waals surface area contributed by atoms with Crippen LogP contribution in [0.1, 0.15) is 24.2 Å². The van der Waals surface area contributed by atoms with Gasteiger partial charge < -0.3 is 15.2 Å². The van der Waals surface area contributed by atoms with Crippen molar-refractivity contribution in [3.05, 3.63) is 66.0 Å². The number of carbonyl (C=O) groups excluding carboxylic acids is 1. The van der Waals surface area contributed by atoms with Gasteiger partial charge in [-0.1, -0.05) is 42.5 Å². The van der Waals surface area contributed by atoms with E-state index in [2.05, 4.69) is 16.7 Å². The predicted octanol–water partition coefficient (Wildman–Crippen LogP) is 2.82. The fourth-order valence-corrected chi connectivity index (χ4v) is 3.98. The number of hydrogen-bond acceptors (Lipinski definition) is 3. The molecule has 0 bridgehead atoms. The topological polar surface area (TPSA) is 64.2 Å². The maximum atomic E-state index is 13.0. The first kappa shape index (κ1) is 17.7. The smallest absolute Gasteiger partial charge is 0.242 e. The molecule has 1 saturated heterocycles. The van der Waals surface area contributed by atoms with Crippen molar-refractivity contribution in [3.63, 3.8) is 0 Å². The third kappa shape index (κ3) is 3.88. The fraction of sp³-hybridized carbons (Fsp3) is 0.364. The van der Waals surface area contributed by atoms with E-state index in [4.69, 9.17) is 10.7 Å². The number of benzene rings is 2. The lowest BCUT2D eigenvalue weighted by molar-refractivity contribution is -0.130. The third-order valence-corrected chi connectivity index (χ3v) is 5.45. The Kier molecular flexibility index (Phi) is 5.21. The Balaban J connectivity index is 1.58. The van der Waals surface area contributed by atoms with Gasteiger partial charge in [0.1, 0.15) is 12.4 Å². The van der Waals surface area contributed by atoms with Gasteiger partial charge in [0.05, 0.1) is 11.0 Å². The molecule has 140 valence electrons. The summed E-state index contributed by atoms with van der Waals surface area (Å²) in [5.41, 5.74) is 8.84. The number of likely N-dealkylation sites (tertiary alicyclic amines) is 1. The Bertz CT molecular complexity index is 918. The van der Waals surface area contributed by atoms with Crippen LogP contribution in [-0.4, -0.2) is 40.0 Å². The molecule has 1 amide bonds. The molecule has 5 nitrogen and oxygen atoms in total. The van der Waals surface area contributed by atoms with Gasteiger partial charge in [0.15, 0.2) is 0 Å². The van der Waals surface area contributed by atoms with Gasteiger partial charge in [-0.2, -0.15) is 0 Å². The molecule has 2 heterocycles. The van der Waals surface area contributed by atoms with Crippen LogP contribution < -0.4 is 5.73 Å². The van der Waals surface area contributed by atoms with E-state index in [9.17, 15) is 4.79 Å². The Labute approximate surface area is 159 Å². The molecule has 0 saturated carbocycles. The van der Waals surface area contributed by atoms with Gasteiger partial charge in [0, 0.05) is 19.5 Å². The summed E-state index contributed by atoms with van der Waals surface area (Å²) in [5, 5.41) is 0. The van der Waals surface area contributed by atoms with E-state index in [1.165, 1.54) is 5.56 Å². The minimum atomic E-state index is 0.173. The number of amides is 1. The zero-order valence-electron chi connectivity index (χ0n) is 15.6. The van der Waals surface area contributed by atoms with Gasteiger partial charge in [-0.05, 0) is 43.0 Å². The van der Waals surface area contributed by atoms with E-state index in [1.54, 1.807) is 0 Å². The van der Waals surface area contributed by atoms with Gasteiger partial charge in [0.25, 0.3) is 0 Å². The highest BCUT2D eigenvalue weighted by Gasteiger charge is 2.26. The van der Waals surface area contributed by atoms with Gasteiger partial charge in [-0.15, -0.1) is 0 Å². The summed E-state index contributed by atoms with van der Waals surface area (Å²) >= 11 is 0. The molecule has 0 radical (unpaired) electrons. The molecule has 1 unspecified atom stereocenters. The summed E-state index contributed by atoms with van der Waals surface area (Å²) in [6.07, 6.45) is 2.78. The van der Waals surface area contributed by atoms with Crippen molar-refractivity contribution >= 4 is 16.9 Å². The lowest BCUT2D eigenvalue weighted by Gasteiger charge is -2.18. The summed E-state index contributed by atoms with van der Waals surface area (Å²) in [7, 11) is 0. The summed E-state index contributed by atoms with van der Waals surface area (Å²) in [6.45, 7) is 2.71. The Morgan fingerprint density at radius 1 is 1.11 bits per heavy atom. The highest BCUT2D eigenvalue weighted by Crippen LogP contribution is 2.22. The van der Waals surface area contributed by atoms with E-state index >= 15 is 0 Å². The van der Waals surface area contributed by atoms with Gasteiger partial charge in [0.2, 0.25) is 5.91 Å². The normalized spacial score (nSPS) is 16.9. The number of fused-ring (bicyclic) bond motifs is 1. The summed E-state index contributed by atoms with van der Waals surface area (Å²) in [5.74, 6) is 1.66. The van der Waals surface area contributed by atoms with Gasteiger partial charge in [-0.3, -0.25) is 4.79 Å². The lowest BCUT2D eigenvalue weighted by Crippen LogP contribution is -2.32. The minimum absolute atomic E-state index is 0.173. The second kappa shape index (κ2) is 7.92. The van der Waals surface area contributed by atoms with E-state index in [0.717, 1.165) is 49.2 Å². The quantitative estimate of drug-likeness (QED) is 0.733. The van der Waals surface area contributed by atoms with E-state index in [0.29, 0.717) is 19.0 Å². The summed E-state index contributed by atoms with van der Waals surface area (Å²) in [4.78, 5) is 19.8. The van der Waals surface area contributed by atoms with Crippen LogP contribution >= 0.6 is 0 Å². The van der Waals surface area contributed by atoms with E-state index in [-0.39, 0.29) is 5.91 Å². The first-order valence-electron chi connectivity index (χ1n) is 9.70. The number of imidazole rings is 1. The molecule has 0 spiro atoms. The Morgan fingerprint density at radius 2 is 1.89 bits per heavy atom. The van der Waals surface area contributed by atoms with Crippen molar-refractivity contribution in [1.82, 2.24) is 14.5 Å². The van der Waals surface area contributed by atoms with Crippen LogP contribution in [0.15, 0.2) is 54.6 Å². The molecule has 1 aromatic heterocycles. The first-order valence-corrected chi connectivity index (χ1v) is 9.70. The van der Waals surface area contributed by atoms with Crippen LogP contribution in [0.5, 0.6) is 0 Å². The average Bonchev–Trinajstić information content (AvgIpc) is 3.28. The highest BCUT2D eigenvalue weighted by molar-refractivity contribution is 5.81. The van der Waals surface area contributed by atoms with Crippen molar-refractivity contribution in [2.75, 3.05) is 19.6 Å². The van der Waals surface area contributed by atoms with Crippen LogP contribution in [0.4, 0.5) is 0 Å². The van der Waals surface area contributed by atoms with Crippen molar-refractivity contribution in [1.29, 1.82) is 0 Å². The van der Waals surface area contributed by atoms with Crippen LogP contribution in [0.2, 0.25) is 0 Å². The van der Waals surface area contributed by atoms with Crippen molar-refractivity contribution in [2.45, 2.75) is 25.8 Å². The maximum Gasteiger partial charge on any atom is 0.242 e. The molecular formula is C22H26N4O. The Hall–Kier alpha value is -2.66. The average molecular weight is 362 g/mol. The monoisotopic (exact) mass is 362 g/mol. The van der Waals surface area contributed by atoms with Gasteiger partial charge >= 0.3 is 0 Å². The van der Waals surface area contributed by atoms with E-state index in [1.807, 2.05) is 47.4 Å². The second-order valence-corrected chi connectivity index (χ2v) is 7.34. The Morgan fingerprint density at radius 3 is 2.70 bits per heavy atom. The molecule has 3 aromatic rings. The van der Waals surface area contributed by atoms with Crippen molar-refractivity contribution in [2.24, 2.45) is 11.7 Å². The molecule has 5 heteroatoms. The lowest BCUT2D eigenvalue weighted by atomic mass is 10.1. The van der Waals surface area contributed by atoms with Gasteiger partial charge in [-0.25, -0.2) is 4.98 Å². The zero-order chi connectivity index (χ0) is 18.6. The molecule has 1 aliphatic heterocycles. The van der Waals surface area contributed by atoms with Crippen molar-refractivity contribution < 1.29 is 4.79 Å². The van der Waals surface area contributed by atoms with Crippen LogP contribution in [-0.2, 0) is 17.8 Å². The zero-order valence-corrected chi connectivity index (χ0v) is 15.6. The molecule has 1 atom stereocenters. The largest absolute Gasteiger partial charge is 0.341 e. The predicted molar refractivity (Wildman–Crippen MR) is 107 cm³/mol. The molecule has 1 aliphatic rings. The third-order valence-electron chi connectivity index (χ3n) is 5.45. The number of aromatic nitrogens is 2. The van der Waals surface area contributed by atoms with Crippen molar-refractivity contribution in [3.8, 4) is 0 Å². The summed E-state index contributed by atoms with van der Waals surface area (Å²) < 4.78 is 2.08. The summed E-state index contributed by atoms with van der Waals surface area (Å²) in [6, 6.07) is 18.3. The molecule has 2 aromatic carbocycles. The number of para-hydroxylation sites is 2.